The fourth-order valence-corrected chi connectivity index (χ4v) is 3.59. The standard InChI is InChI=1S/C17H18BrClN2O2S2/c1-3-16(11-4-7-13(8-5-11)25(2,22)23)21-17(24)20-12-6-9-14(18)15(19)10-12/h4-10,16H,3H2,1-2H3,(H2,20,21,24)/t16-/m0/s1. The summed E-state index contributed by atoms with van der Waals surface area (Å²) in [5.41, 5.74) is 1.75. The van der Waals surface area contributed by atoms with Gasteiger partial charge in [0.05, 0.1) is 16.0 Å². The first kappa shape index (κ1) is 20.2. The second-order valence-electron chi connectivity index (χ2n) is 5.53. The van der Waals surface area contributed by atoms with Crippen molar-refractivity contribution >= 4 is 60.4 Å². The summed E-state index contributed by atoms with van der Waals surface area (Å²) in [7, 11) is -3.20. The van der Waals surface area contributed by atoms with Crippen LogP contribution in [0.5, 0.6) is 0 Å². The predicted octanol–water partition coefficient (Wildman–Crippen LogP) is 4.94. The average Bonchev–Trinajstić information content (AvgIpc) is 2.55. The van der Waals surface area contributed by atoms with Gasteiger partial charge in [-0.05, 0) is 70.5 Å². The van der Waals surface area contributed by atoms with Crippen molar-refractivity contribution in [2.75, 3.05) is 11.6 Å². The molecule has 0 amide bonds. The zero-order valence-electron chi connectivity index (χ0n) is 13.7. The van der Waals surface area contributed by atoms with Crippen LogP contribution in [0.3, 0.4) is 0 Å². The minimum atomic E-state index is -3.20. The molecule has 0 bridgehead atoms. The Bertz CT molecular complexity index is 871. The van der Waals surface area contributed by atoms with Crippen molar-refractivity contribution in [1.29, 1.82) is 0 Å². The minimum absolute atomic E-state index is 0.0282. The highest BCUT2D eigenvalue weighted by Crippen LogP contribution is 2.26. The molecule has 0 saturated heterocycles. The smallest absolute Gasteiger partial charge is 0.175 e. The second-order valence-corrected chi connectivity index (χ2v) is 9.21. The maximum absolute atomic E-state index is 11.6. The summed E-state index contributed by atoms with van der Waals surface area (Å²) in [5.74, 6) is 0. The third-order valence-corrected chi connectivity index (χ3v) is 6.18. The third kappa shape index (κ3) is 5.67. The van der Waals surface area contributed by atoms with Crippen molar-refractivity contribution in [1.82, 2.24) is 5.32 Å². The zero-order valence-corrected chi connectivity index (χ0v) is 17.7. The van der Waals surface area contributed by atoms with E-state index in [9.17, 15) is 8.42 Å². The van der Waals surface area contributed by atoms with E-state index >= 15 is 0 Å². The molecule has 4 nitrogen and oxygen atoms in total. The number of nitrogens with one attached hydrogen (secondary N) is 2. The normalized spacial score (nSPS) is 12.5. The topological polar surface area (TPSA) is 58.2 Å². The highest BCUT2D eigenvalue weighted by Gasteiger charge is 2.13. The Kier molecular flexibility index (Phi) is 6.85. The summed E-state index contributed by atoms with van der Waals surface area (Å²) in [6, 6.07) is 12.3. The van der Waals surface area contributed by atoms with Crippen LogP contribution in [-0.2, 0) is 9.84 Å². The number of hydrogen-bond donors (Lipinski definition) is 2. The molecule has 0 aliphatic heterocycles. The molecule has 0 saturated carbocycles. The number of benzene rings is 2. The molecule has 0 fully saturated rings. The van der Waals surface area contributed by atoms with Gasteiger partial charge in [0.2, 0.25) is 0 Å². The van der Waals surface area contributed by atoms with E-state index < -0.39 is 9.84 Å². The number of thiocarbonyl (C=S) groups is 1. The van der Waals surface area contributed by atoms with E-state index in [1.54, 1.807) is 30.3 Å². The number of sulfone groups is 1. The fraction of sp³-hybridized carbons (Fsp3) is 0.235. The van der Waals surface area contributed by atoms with Crippen LogP contribution in [-0.4, -0.2) is 19.8 Å². The summed E-state index contributed by atoms with van der Waals surface area (Å²) >= 11 is 14.8. The quantitative estimate of drug-likeness (QED) is 0.617. The molecule has 0 unspecified atom stereocenters. The molecular weight excluding hydrogens is 444 g/mol. The molecule has 2 aromatic rings. The predicted molar refractivity (Wildman–Crippen MR) is 111 cm³/mol. The van der Waals surface area contributed by atoms with Gasteiger partial charge >= 0.3 is 0 Å². The Balaban J connectivity index is 2.08. The lowest BCUT2D eigenvalue weighted by Crippen LogP contribution is -2.32. The Morgan fingerprint density at radius 3 is 2.40 bits per heavy atom. The van der Waals surface area contributed by atoms with E-state index in [1.807, 2.05) is 19.1 Å². The molecule has 25 heavy (non-hydrogen) atoms. The number of anilines is 1. The van der Waals surface area contributed by atoms with Crippen LogP contribution in [0, 0.1) is 0 Å². The second kappa shape index (κ2) is 8.49. The summed E-state index contributed by atoms with van der Waals surface area (Å²) in [4.78, 5) is 0.302. The van der Waals surface area contributed by atoms with Gasteiger partial charge in [-0.1, -0.05) is 30.7 Å². The third-order valence-electron chi connectivity index (χ3n) is 3.60. The maximum Gasteiger partial charge on any atom is 0.175 e. The van der Waals surface area contributed by atoms with Crippen molar-refractivity contribution in [2.45, 2.75) is 24.3 Å². The Labute approximate surface area is 167 Å². The summed E-state index contributed by atoms with van der Waals surface area (Å²) in [5, 5.41) is 7.40. The van der Waals surface area contributed by atoms with Crippen molar-refractivity contribution < 1.29 is 8.42 Å². The Hall–Kier alpha value is -1.15. The van der Waals surface area contributed by atoms with Gasteiger partial charge in [-0.15, -0.1) is 0 Å². The SMILES string of the molecule is CC[C@H](NC(=S)Nc1ccc(Br)c(Cl)c1)c1ccc(S(C)(=O)=O)cc1. The van der Waals surface area contributed by atoms with E-state index in [4.69, 9.17) is 23.8 Å². The minimum Gasteiger partial charge on any atom is -0.356 e. The van der Waals surface area contributed by atoms with Gasteiger partial charge in [-0.2, -0.15) is 0 Å². The zero-order chi connectivity index (χ0) is 18.6. The lowest BCUT2D eigenvalue weighted by Gasteiger charge is -2.20. The van der Waals surface area contributed by atoms with Gasteiger partial charge in [-0.3, -0.25) is 0 Å². The largest absolute Gasteiger partial charge is 0.356 e. The van der Waals surface area contributed by atoms with Gasteiger partial charge in [0.25, 0.3) is 0 Å². The summed E-state index contributed by atoms with van der Waals surface area (Å²) in [6.45, 7) is 2.03. The van der Waals surface area contributed by atoms with Gasteiger partial charge < -0.3 is 10.6 Å². The first-order valence-corrected chi connectivity index (χ1v) is 11.0. The Morgan fingerprint density at radius 1 is 1.24 bits per heavy atom. The van der Waals surface area contributed by atoms with Crippen molar-refractivity contribution in [3.05, 3.63) is 57.5 Å². The number of rotatable bonds is 5. The van der Waals surface area contributed by atoms with Crippen LogP contribution in [0.25, 0.3) is 0 Å². The molecule has 0 radical (unpaired) electrons. The van der Waals surface area contributed by atoms with Gasteiger partial charge in [0, 0.05) is 16.4 Å². The van der Waals surface area contributed by atoms with Crippen molar-refractivity contribution in [3.63, 3.8) is 0 Å². The van der Waals surface area contributed by atoms with Crippen LogP contribution >= 0.6 is 39.7 Å². The average molecular weight is 462 g/mol. The molecule has 0 aliphatic rings. The van der Waals surface area contributed by atoms with Gasteiger partial charge in [-0.25, -0.2) is 8.42 Å². The molecule has 0 spiro atoms. The highest BCUT2D eigenvalue weighted by atomic mass is 79.9. The van der Waals surface area contributed by atoms with Gasteiger partial charge in [0.1, 0.15) is 0 Å². The van der Waals surface area contributed by atoms with E-state index in [0.29, 0.717) is 15.0 Å². The van der Waals surface area contributed by atoms with Crippen LogP contribution in [0.4, 0.5) is 5.69 Å². The van der Waals surface area contributed by atoms with Crippen LogP contribution in [0.1, 0.15) is 24.9 Å². The lowest BCUT2D eigenvalue weighted by molar-refractivity contribution is 0.601. The Morgan fingerprint density at radius 2 is 1.88 bits per heavy atom. The van der Waals surface area contributed by atoms with Gasteiger partial charge in [0.15, 0.2) is 14.9 Å². The van der Waals surface area contributed by atoms with E-state index in [0.717, 1.165) is 22.1 Å². The van der Waals surface area contributed by atoms with Crippen LogP contribution < -0.4 is 10.6 Å². The molecule has 1 atom stereocenters. The maximum atomic E-state index is 11.6. The van der Waals surface area contributed by atoms with Crippen molar-refractivity contribution in [2.24, 2.45) is 0 Å². The molecule has 2 aromatic carbocycles. The van der Waals surface area contributed by atoms with Crippen LogP contribution in [0.15, 0.2) is 51.8 Å². The highest BCUT2D eigenvalue weighted by molar-refractivity contribution is 9.10. The van der Waals surface area contributed by atoms with E-state index in [2.05, 4.69) is 26.6 Å². The molecule has 2 N–H and O–H groups in total. The number of hydrogen-bond acceptors (Lipinski definition) is 3. The molecule has 0 heterocycles. The van der Waals surface area contributed by atoms with Crippen LogP contribution in [0.2, 0.25) is 5.02 Å². The molecule has 0 aliphatic carbocycles. The van der Waals surface area contributed by atoms with E-state index in [-0.39, 0.29) is 6.04 Å². The van der Waals surface area contributed by atoms with Crippen molar-refractivity contribution in [3.8, 4) is 0 Å². The van der Waals surface area contributed by atoms with E-state index in [1.165, 1.54) is 6.26 Å². The molecule has 0 aromatic heterocycles. The number of halogens is 2. The summed E-state index contributed by atoms with van der Waals surface area (Å²) < 4.78 is 23.9. The molecular formula is C17H18BrClN2O2S2. The molecule has 134 valence electrons. The fourth-order valence-electron chi connectivity index (χ4n) is 2.27. The summed E-state index contributed by atoms with van der Waals surface area (Å²) in [6.07, 6.45) is 1.99. The first-order valence-electron chi connectivity index (χ1n) is 7.53. The lowest BCUT2D eigenvalue weighted by atomic mass is 10.1. The monoisotopic (exact) mass is 460 g/mol. The molecule has 8 heteroatoms. The first-order chi connectivity index (χ1) is 11.7. The molecule has 2 rings (SSSR count).